The smallest absolute Gasteiger partial charge is 0.126 e. The Balaban J connectivity index is 2.44. The van der Waals surface area contributed by atoms with E-state index >= 15 is 0 Å². The fraction of sp³-hybridized carbons (Fsp3) is 0.562. The summed E-state index contributed by atoms with van der Waals surface area (Å²) in [5.74, 6) is 0.679. The van der Waals surface area contributed by atoms with E-state index in [-0.39, 0.29) is 19.1 Å². The van der Waals surface area contributed by atoms with E-state index < -0.39 is 11.0 Å². The Kier molecular flexibility index (Phi) is 4.03. The summed E-state index contributed by atoms with van der Waals surface area (Å²) in [7, 11) is 1.54. The molecule has 4 nitrogen and oxygen atoms in total. The van der Waals surface area contributed by atoms with Gasteiger partial charge < -0.3 is 14.6 Å². The van der Waals surface area contributed by atoms with Crippen molar-refractivity contribution in [2.24, 2.45) is 11.3 Å². The predicted octanol–water partition coefficient (Wildman–Crippen LogP) is 2.16. The first-order valence-electron chi connectivity index (χ1n) is 6.82. The van der Waals surface area contributed by atoms with Gasteiger partial charge in [-0.2, -0.15) is 5.26 Å². The molecule has 1 aromatic rings. The van der Waals surface area contributed by atoms with Gasteiger partial charge in [0.2, 0.25) is 0 Å². The van der Waals surface area contributed by atoms with Gasteiger partial charge in [-0.3, -0.25) is 0 Å². The minimum Gasteiger partial charge on any atom is -0.492 e. The van der Waals surface area contributed by atoms with E-state index in [1.807, 2.05) is 38.1 Å². The zero-order valence-corrected chi connectivity index (χ0v) is 12.2. The highest BCUT2D eigenvalue weighted by atomic mass is 16.5. The fourth-order valence-electron chi connectivity index (χ4n) is 2.89. The molecular weight excluding hydrogens is 254 g/mol. The van der Waals surface area contributed by atoms with Crippen molar-refractivity contribution in [1.82, 2.24) is 0 Å². The van der Waals surface area contributed by atoms with E-state index in [9.17, 15) is 10.4 Å². The second-order valence-electron chi connectivity index (χ2n) is 5.78. The molecule has 2 unspecified atom stereocenters. The maximum Gasteiger partial charge on any atom is 0.126 e. The van der Waals surface area contributed by atoms with Gasteiger partial charge >= 0.3 is 0 Å². The van der Waals surface area contributed by atoms with Gasteiger partial charge in [0.1, 0.15) is 23.4 Å². The lowest BCUT2D eigenvalue weighted by atomic mass is 9.64. The molecule has 0 aliphatic carbocycles. The van der Waals surface area contributed by atoms with Crippen molar-refractivity contribution in [3.05, 3.63) is 29.8 Å². The minimum atomic E-state index is -1.25. The highest BCUT2D eigenvalue weighted by Gasteiger charge is 2.55. The van der Waals surface area contributed by atoms with Gasteiger partial charge in [-0.15, -0.1) is 0 Å². The van der Waals surface area contributed by atoms with Crippen LogP contribution in [0.5, 0.6) is 5.75 Å². The van der Waals surface area contributed by atoms with Gasteiger partial charge in [0.05, 0.1) is 12.7 Å². The lowest BCUT2D eigenvalue weighted by molar-refractivity contribution is -0.147. The first-order chi connectivity index (χ1) is 9.49. The van der Waals surface area contributed by atoms with Gasteiger partial charge in [0.15, 0.2) is 0 Å². The summed E-state index contributed by atoms with van der Waals surface area (Å²) in [6.07, 6.45) is 0.470. The van der Waals surface area contributed by atoms with E-state index in [1.165, 1.54) is 7.11 Å². The molecule has 0 bridgehead atoms. The number of nitrogens with zero attached hydrogens (tertiary/aromatic N) is 1. The van der Waals surface area contributed by atoms with Crippen molar-refractivity contribution in [1.29, 1.82) is 5.26 Å². The molecule has 2 rings (SSSR count). The summed E-state index contributed by atoms with van der Waals surface area (Å²) >= 11 is 0. The number of rotatable bonds is 4. The molecule has 0 amide bonds. The van der Waals surface area contributed by atoms with Crippen LogP contribution in [0.25, 0.3) is 0 Å². The Hall–Kier alpha value is -1.57. The van der Waals surface area contributed by atoms with Crippen LogP contribution >= 0.6 is 0 Å². The summed E-state index contributed by atoms with van der Waals surface area (Å²) in [5.41, 5.74) is -1.29. The summed E-state index contributed by atoms with van der Waals surface area (Å²) in [4.78, 5) is 0. The lowest BCUT2D eigenvalue weighted by Gasteiger charge is -2.46. The van der Waals surface area contributed by atoms with Gasteiger partial charge in [-0.1, -0.05) is 32.0 Å². The van der Waals surface area contributed by atoms with Gasteiger partial charge in [0, 0.05) is 13.5 Å². The van der Waals surface area contributed by atoms with Crippen molar-refractivity contribution in [3.63, 3.8) is 0 Å². The molecule has 1 heterocycles. The quantitative estimate of drug-likeness (QED) is 0.914. The second kappa shape index (κ2) is 5.43. The molecule has 0 fully saturated rings. The van der Waals surface area contributed by atoms with E-state index in [0.29, 0.717) is 6.42 Å². The zero-order chi connectivity index (χ0) is 14.8. The monoisotopic (exact) mass is 275 g/mol. The number of aliphatic hydroxyl groups is 1. The number of ether oxygens (including phenoxy) is 2. The number of benzene rings is 1. The van der Waals surface area contributed by atoms with E-state index in [2.05, 4.69) is 6.07 Å². The lowest BCUT2D eigenvalue weighted by Crippen LogP contribution is -2.59. The number of para-hydroxylation sites is 1. The van der Waals surface area contributed by atoms with Crippen LogP contribution in [-0.2, 0) is 11.2 Å². The highest BCUT2D eigenvalue weighted by molar-refractivity contribution is 5.39. The molecule has 0 aromatic heterocycles. The predicted molar refractivity (Wildman–Crippen MR) is 75.4 cm³/mol. The maximum absolute atomic E-state index is 11.1. The van der Waals surface area contributed by atoms with Crippen LogP contribution in [0.4, 0.5) is 0 Å². The maximum atomic E-state index is 11.1. The van der Waals surface area contributed by atoms with Crippen LogP contribution in [0.15, 0.2) is 24.3 Å². The third kappa shape index (κ3) is 2.17. The first-order valence-corrected chi connectivity index (χ1v) is 6.82. The highest BCUT2D eigenvalue weighted by Crippen LogP contribution is 2.44. The molecule has 2 atom stereocenters. The Morgan fingerprint density at radius 1 is 1.50 bits per heavy atom. The summed E-state index contributed by atoms with van der Waals surface area (Å²) < 4.78 is 10.9. The van der Waals surface area contributed by atoms with E-state index in [4.69, 9.17) is 9.47 Å². The molecule has 0 saturated heterocycles. The van der Waals surface area contributed by atoms with Crippen LogP contribution < -0.4 is 4.74 Å². The van der Waals surface area contributed by atoms with Crippen LogP contribution in [0, 0.1) is 22.7 Å². The number of hydrogen-bond acceptors (Lipinski definition) is 4. The molecule has 20 heavy (non-hydrogen) atoms. The second-order valence-corrected chi connectivity index (χ2v) is 5.78. The largest absolute Gasteiger partial charge is 0.492 e. The third-order valence-electron chi connectivity index (χ3n) is 4.30. The molecule has 0 spiro atoms. The Bertz CT molecular complexity index is 523. The molecule has 1 aliphatic heterocycles. The molecule has 1 aliphatic rings. The van der Waals surface area contributed by atoms with Crippen molar-refractivity contribution in [2.45, 2.75) is 25.9 Å². The molecule has 4 heteroatoms. The van der Waals surface area contributed by atoms with Crippen molar-refractivity contribution in [3.8, 4) is 11.8 Å². The van der Waals surface area contributed by atoms with Gasteiger partial charge in [-0.25, -0.2) is 0 Å². The normalized spacial score (nSPS) is 24.4. The van der Waals surface area contributed by atoms with Crippen molar-refractivity contribution < 1.29 is 14.6 Å². The fourth-order valence-corrected chi connectivity index (χ4v) is 2.89. The summed E-state index contributed by atoms with van der Waals surface area (Å²) in [6, 6.07) is 9.96. The van der Waals surface area contributed by atoms with Gasteiger partial charge in [0.25, 0.3) is 0 Å². The summed E-state index contributed by atoms with van der Waals surface area (Å²) in [5, 5.41) is 20.8. The molecule has 1 aromatic carbocycles. The van der Waals surface area contributed by atoms with Crippen molar-refractivity contribution in [2.75, 3.05) is 20.3 Å². The van der Waals surface area contributed by atoms with Crippen molar-refractivity contribution >= 4 is 0 Å². The van der Waals surface area contributed by atoms with E-state index in [1.54, 1.807) is 0 Å². The average molecular weight is 275 g/mol. The number of hydrogen-bond donors (Lipinski definition) is 1. The first kappa shape index (κ1) is 14.8. The van der Waals surface area contributed by atoms with Gasteiger partial charge in [-0.05, 0) is 17.5 Å². The molecular formula is C16H21NO3. The molecule has 0 radical (unpaired) electrons. The Morgan fingerprint density at radius 3 is 2.80 bits per heavy atom. The number of nitriles is 1. The number of fused-ring (bicyclic) bond motifs is 1. The minimum absolute atomic E-state index is 0.115. The zero-order valence-electron chi connectivity index (χ0n) is 12.2. The SMILES string of the molecule is COCC(O)(C(C)C)C1(C#N)COc2ccccc2C1. The standard InChI is InChI=1S/C16H21NO3/c1-12(2)16(18,11-19-3)15(9-17)8-13-6-4-5-7-14(13)20-10-15/h4-7,12,18H,8,10-11H2,1-3H3. The van der Waals surface area contributed by atoms with E-state index in [0.717, 1.165) is 11.3 Å². The van der Waals surface area contributed by atoms with Crippen LogP contribution in [0.3, 0.4) is 0 Å². The molecule has 0 saturated carbocycles. The Labute approximate surface area is 119 Å². The summed E-state index contributed by atoms with van der Waals surface area (Å²) in [6.45, 7) is 4.10. The average Bonchev–Trinajstić information content (AvgIpc) is 2.46. The Morgan fingerprint density at radius 2 is 2.20 bits per heavy atom. The third-order valence-corrected chi connectivity index (χ3v) is 4.30. The molecule has 108 valence electrons. The van der Waals surface area contributed by atoms with Crippen LogP contribution in [-0.4, -0.2) is 31.0 Å². The topological polar surface area (TPSA) is 62.5 Å². The van der Waals surface area contributed by atoms with Crippen LogP contribution in [0.2, 0.25) is 0 Å². The van der Waals surface area contributed by atoms with Crippen LogP contribution in [0.1, 0.15) is 19.4 Å². The molecule has 1 N–H and O–H groups in total. The number of methoxy groups -OCH3 is 1.